The molecule has 1 unspecified atom stereocenters. The number of rotatable bonds is 1. The molecule has 0 saturated heterocycles. The first-order valence-electron chi connectivity index (χ1n) is 3.97. The van der Waals surface area contributed by atoms with Crippen molar-refractivity contribution in [2.75, 3.05) is 12.4 Å². The molecule has 1 aliphatic heterocycles. The van der Waals surface area contributed by atoms with Gasteiger partial charge in [-0.05, 0) is 6.08 Å². The lowest BCUT2D eigenvalue weighted by Crippen LogP contribution is -2.15. The van der Waals surface area contributed by atoms with Crippen LogP contribution in [0.4, 0.5) is 5.82 Å². The maximum absolute atomic E-state index is 11.2. The molecule has 0 aromatic carbocycles. The van der Waals surface area contributed by atoms with Gasteiger partial charge in [0.2, 0.25) is 0 Å². The molecular weight excluding hydrogens is 250 g/mol. The summed E-state index contributed by atoms with van der Waals surface area (Å²) in [5.74, 6) is 0.322. The van der Waals surface area contributed by atoms with Gasteiger partial charge in [0.25, 0.3) is 0 Å². The van der Waals surface area contributed by atoms with Crippen LogP contribution >= 0.6 is 15.9 Å². The van der Waals surface area contributed by atoms with Gasteiger partial charge in [0.05, 0.1) is 7.11 Å². The zero-order valence-corrected chi connectivity index (χ0v) is 8.98. The number of carbonyl (C=O) groups excluding carboxylic acids is 1. The minimum Gasteiger partial charge on any atom is -0.464 e. The lowest BCUT2D eigenvalue weighted by Gasteiger charge is -2.13. The molecule has 5 nitrogen and oxygen atoms in total. The number of aromatic nitrogens is 2. The summed E-state index contributed by atoms with van der Waals surface area (Å²) in [5.41, 5.74) is 0.293. The van der Waals surface area contributed by atoms with Crippen molar-refractivity contribution in [2.24, 2.45) is 0 Å². The van der Waals surface area contributed by atoms with Crippen LogP contribution in [-0.4, -0.2) is 27.8 Å². The largest absolute Gasteiger partial charge is 0.464 e. The molecular formula is C8H8BrN3O2. The summed E-state index contributed by atoms with van der Waals surface area (Å²) < 4.78 is 6.15. The molecule has 0 aliphatic carbocycles. The third kappa shape index (κ3) is 1.52. The smallest absolute Gasteiger partial charge is 0.358 e. The van der Waals surface area contributed by atoms with E-state index >= 15 is 0 Å². The number of ether oxygens (including phenoxy) is 1. The van der Waals surface area contributed by atoms with Gasteiger partial charge < -0.3 is 10.1 Å². The van der Waals surface area contributed by atoms with E-state index in [2.05, 4.69) is 31.1 Å². The van der Waals surface area contributed by atoms with Crippen LogP contribution in [0.15, 0.2) is 12.1 Å². The number of alkyl halides is 1. The minimum absolute atomic E-state index is 0.0668. The predicted molar refractivity (Wildman–Crippen MR) is 55.2 cm³/mol. The highest BCUT2D eigenvalue weighted by molar-refractivity contribution is 9.09. The summed E-state index contributed by atoms with van der Waals surface area (Å²) in [6.45, 7) is 0. The average Bonchev–Trinajstić information content (AvgIpc) is 2.59. The maximum Gasteiger partial charge on any atom is 0.358 e. The number of halogens is 1. The monoisotopic (exact) mass is 257 g/mol. The molecule has 2 heterocycles. The highest BCUT2D eigenvalue weighted by Gasteiger charge is 2.16. The van der Waals surface area contributed by atoms with E-state index < -0.39 is 5.97 Å². The van der Waals surface area contributed by atoms with Crippen LogP contribution in [0, 0.1) is 0 Å². The molecule has 1 aromatic heterocycles. The molecule has 6 heteroatoms. The van der Waals surface area contributed by atoms with Crippen LogP contribution < -0.4 is 5.32 Å². The number of nitrogens with one attached hydrogen (secondary N) is 1. The Morgan fingerprint density at radius 2 is 2.57 bits per heavy atom. The number of carbonyl (C=O) groups is 1. The molecule has 0 amide bonds. The van der Waals surface area contributed by atoms with Gasteiger partial charge in [0.1, 0.15) is 10.8 Å². The fourth-order valence-corrected chi connectivity index (χ4v) is 1.54. The van der Waals surface area contributed by atoms with Crippen molar-refractivity contribution in [3.63, 3.8) is 0 Å². The second-order valence-electron chi connectivity index (χ2n) is 2.74. The molecule has 1 N–H and O–H groups in total. The Labute approximate surface area is 88.9 Å². The zero-order chi connectivity index (χ0) is 10.1. The van der Waals surface area contributed by atoms with E-state index in [1.165, 1.54) is 7.11 Å². The van der Waals surface area contributed by atoms with Crippen molar-refractivity contribution in [2.45, 2.75) is 4.95 Å². The standard InChI is InChI=1S/C8H8BrN3O2/c1-14-8(13)5-4-7-10-6(9)2-3-12(7)11-5/h2-4,6,10H,1H3. The normalized spacial score (nSPS) is 18.6. The summed E-state index contributed by atoms with van der Waals surface area (Å²) in [6.07, 6.45) is 3.65. The molecule has 0 saturated carbocycles. The Morgan fingerprint density at radius 3 is 3.29 bits per heavy atom. The maximum atomic E-state index is 11.2. The molecule has 2 rings (SSSR count). The van der Waals surface area contributed by atoms with E-state index in [9.17, 15) is 4.79 Å². The second kappa shape index (κ2) is 3.45. The molecule has 1 aromatic rings. The molecule has 0 bridgehead atoms. The number of anilines is 1. The molecule has 1 aliphatic rings. The number of nitrogens with zero attached hydrogens (tertiary/aromatic N) is 2. The summed E-state index contributed by atoms with van der Waals surface area (Å²) in [6, 6.07) is 1.64. The van der Waals surface area contributed by atoms with Crippen molar-refractivity contribution >= 4 is 33.9 Å². The lowest BCUT2D eigenvalue weighted by atomic mass is 10.4. The first kappa shape index (κ1) is 9.26. The van der Waals surface area contributed by atoms with Gasteiger partial charge in [-0.1, -0.05) is 15.9 Å². The number of hydrogen-bond donors (Lipinski definition) is 1. The van der Waals surface area contributed by atoms with Crippen molar-refractivity contribution in [1.29, 1.82) is 0 Å². The topological polar surface area (TPSA) is 56.2 Å². The highest BCUT2D eigenvalue weighted by Crippen LogP contribution is 2.19. The molecule has 0 spiro atoms. The molecule has 0 radical (unpaired) electrons. The van der Waals surface area contributed by atoms with Crippen LogP contribution in [0.25, 0.3) is 6.20 Å². The summed E-state index contributed by atoms with van der Waals surface area (Å²) in [5, 5.41) is 7.11. The van der Waals surface area contributed by atoms with E-state index in [4.69, 9.17) is 0 Å². The number of hydrogen-bond acceptors (Lipinski definition) is 4. The van der Waals surface area contributed by atoms with Gasteiger partial charge in [0, 0.05) is 12.3 Å². The third-order valence-corrected chi connectivity index (χ3v) is 2.35. The molecule has 1 atom stereocenters. The Hall–Kier alpha value is -1.30. The van der Waals surface area contributed by atoms with Crippen molar-refractivity contribution < 1.29 is 9.53 Å². The van der Waals surface area contributed by atoms with Crippen molar-refractivity contribution in [1.82, 2.24) is 9.78 Å². The number of methoxy groups -OCH3 is 1. The van der Waals surface area contributed by atoms with Gasteiger partial charge in [-0.15, -0.1) is 0 Å². The van der Waals surface area contributed by atoms with Crippen LogP contribution in [-0.2, 0) is 4.74 Å². The first-order chi connectivity index (χ1) is 6.70. The summed E-state index contributed by atoms with van der Waals surface area (Å²) in [4.78, 5) is 11.2. The van der Waals surface area contributed by atoms with Gasteiger partial charge in [-0.2, -0.15) is 5.10 Å². The van der Waals surface area contributed by atoms with E-state index in [1.807, 2.05) is 6.08 Å². The Balaban J connectivity index is 2.34. The SMILES string of the molecule is COC(=O)c1cc2n(n1)C=CC(Br)N2. The summed E-state index contributed by atoms with van der Waals surface area (Å²) in [7, 11) is 1.33. The van der Waals surface area contributed by atoms with Gasteiger partial charge in [0.15, 0.2) is 5.69 Å². The zero-order valence-electron chi connectivity index (χ0n) is 7.40. The number of esters is 1. The fourth-order valence-electron chi connectivity index (χ4n) is 1.17. The Kier molecular flexibility index (Phi) is 2.28. The van der Waals surface area contributed by atoms with Crippen molar-refractivity contribution in [3.8, 4) is 0 Å². The van der Waals surface area contributed by atoms with Crippen LogP contribution in [0.2, 0.25) is 0 Å². The molecule has 74 valence electrons. The van der Waals surface area contributed by atoms with E-state index in [1.54, 1.807) is 16.9 Å². The van der Waals surface area contributed by atoms with E-state index in [0.29, 0.717) is 5.69 Å². The second-order valence-corrected chi connectivity index (χ2v) is 3.73. The first-order valence-corrected chi connectivity index (χ1v) is 4.89. The predicted octanol–water partition coefficient (Wildman–Crippen LogP) is 1.29. The molecule has 14 heavy (non-hydrogen) atoms. The van der Waals surface area contributed by atoms with Crippen molar-refractivity contribution in [3.05, 3.63) is 17.8 Å². The average molecular weight is 258 g/mol. The third-order valence-electron chi connectivity index (χ3n) is 1.81. The van der Waals surface area contributed by atoms with Gasteiger partial charge in [-0.3, -0.25) is 0 Å². The van der Waals surface area contributed by atoms with E-state index in [0.717, 1.165) is 5.82 Å². The van der Waals surface area contributed by atoms with E-state index in [-0.39, 0.29) is 4.95 Å². The Morgan fingerprint density at radius 1 is 1.79 bits per heavy atom. The minimum atomic E-state index is -0.437. The number of fused-ring (bicyclic) bond motifs is 1. The quantitative estimate of drug-likeness (QED) is 0.468. The lowest BCUT2D eigenvalue weighted by molar-refractivity contribution is 0.0593. The fraction of sp³-hybridized carbons (Fsp3) is 0.250. The highest BCUT2D eigenvalue weighted by atomic mass is 79.9. The van der Waals surface area contributed by atoms with Gasteiger partial charge in [-0.25, -0.2) is 9.48 Å². The van der Waals surface area contributed by atoms with Crippen LogP contribution in [0.3, 0.4) is 0 Å². The molecule has 0 fully saturated rings. The van der Waals surface area contributed by atoms with Gasteiger partial charge >= 0.3 is 5.97 Å². The summed E-state index contributed by atoms with van der Waals surface area (Å²) >= 11 is 3.37. The van der Waals surface area contributed by atoms with Crippen LogP contribution in [0.5, 0.6) is 0 Å². The van der Waals surface area contributed by atoms with Crippen LogP contribution in [0.1, 0.15) is 10.5 Å². The Bertz CT molecular complexity index is 399.